The van der Waals surface area contributed by atoms with Gasteiger partial charge in [-0.25, -0.2) is 4.57 Å². The second-order valence-corrected chi connectivity index (χ2v) is 1.54. The minimum atomic E-state index is -4.64. The molecule has 0 aromatic carbocycles. The third-order valence-electron chi connectivity index (χ3n) is 0. The molecule has 11 nitrogen and oxygen atoms in total. The van der Waals surface area contributed by atoms with Crippen LogP contribution in [-0.2, 0) is 4.57 Å². The minimum absolute atomic E-state index is 0. The zero-order valence-electron chi connectivity index (χ0n) is 5.70. The molecule has 92 valence electrons. The van der Waals surface area contributed by atoms with Crippen LogP contribution in [0.4, 0.5) is 0 Å². The van der Waals surface area contributed by atoms with Gasteiger partial charge in [-0.1, -0.05) is 0 Å². The van der Waals surface area contributed by atoms with E-state index in [-0.39, 0.29) is 141 Å². The molecule has 14 heavy (non-hydrogen) atoms. The van der Waals surface area contributed by atoms with Crippen LogP contribution in [0.1, 0.15) is 0 Å². The molecule has 0 aromatic heterocycles. The summed E-state index contributed by atoms with van der Waals surface area (Å²) in [7, 11) is -4.64. The first-order valence-electron chi connectivity index (χ1n) is 0.783. The van der Waals surface area contributed by atoms with Crippen molar-refractivity contribution in [2.75, 3.05) is 0 Å². The molecule has 0 atom stereocenters. The third-order valence-corrected chi connectivity index (χ3v) is 0. The van der Waals surface area contributed by atoms with Gasteiger partial charge in [-0.3, -0.25) is 0 Å². The third kappa shape index (κ3) is 312. The Morgan fingerprint density at radius 1 is 0.571 bits per heavy atom. The summed E-state index contributed by atoms with van der Waals surface area (Å²) in [4.78, 5) is 21.6. The normalized spacial score (nSPS) is 4.21. The van der Waals surface area contributed by atoms with Gasteiger partial charge in [0.25, 0.3) is 0 Å². The molecule has 0 saturated heterocycles. The van der Waals surface area contributed by atoms with Crippen molar-refractivity contribution in [2.24, 2.45) is 0 Å². The van der Waals surface area contributed by atoms with Gasteiger partial charge in [-0.05, 0) is 0 Å². The molecular weight excluding hydrogens is 285 g/mol. The molecule has 0 rings (SSSR count). The van der Waals surface area contributed by atoms with Gasteiger partial charge in [-0.15, -0.1) is 0 Å². The summed E-state index contributed by atoms with van der Waals surface area (Å²) in [6.45, 7) is 0. The molecule has 0 aliphatic rings. The van der Waals surface area contributed by atoms with Crippen molar-refractivity contribution in [1.82, 2.24) is 0 Å². The fraction of sp³-hybridized carbons (Fsp3) is 0. The average Bonchev–Trinajstić information content (AvgIpc) is 0.722. The van der Waals surface area contributed by atoms with Crippen LogP contribution in [0.5, 0.6) is 0 Å². The number of rotatable bonds is 0. The Bertz CT molecular complexity index is 59.4. The molecule has 14 heteroatoms. The van der Waals surface area contributed by atoms with Crippen molar-refractivity contribution < 1.29 is 57.6 Å². The van der Waals surface area contributed by atoms with Crippen LogP contribution >= 0.6 is 7.82 Å². The number of hydrogen-bond acceptors (Lipinski definition) is 1. The van der Waals surface area contributed by atoms with Crippen molar-refractivity contribution in [3.8, 4) is 0 Å². The van der Waals surface area contributed by atoms with E-state index in [1.165, 1.54) is 0 Å². The van der Waals surface area contributed by atoms with E-state index in [4.69, 9.17) is 19.2 Å². The molecule has 0 aliphatic carbocycles. The Kier molecular flexibility index (Phi) is 278. The topological polar surface area (TPSA) is 298 Å². The van der Waals surface area contributed by atoms with E-state index in [1.54, 1.807) is 0 Å². The van der Waals surface area contributed by atoms with E-state index >= 15 is 0 Å². The van der Waals surface area contributed by atoms with Crippen LogP contribution in [0.15, 0.2) is 0 Å². The standard InChI is InChI=1S/2K.H3O4P.7H2O.2H/c;;1-5(2,3)4;;;;;;;;;/h;;(H3,1,2,3,4);7*1H2;;. The summed E-state index contributed by atoms with van der Waals surface area (Å²) in [5.74, 6) is 0. The van der Waals surface area contributed by atoms with E-state index in [0.29, 0.717) is 0 Å². The van der Waals surface area contributed by atoms with Crippen molar-refractivity contribution in [1.29, 1.82) is 0 Å². The summed E-state index contributed by atoms with van der Waals surface area (Å²) in [5, 5.41) is 0. The fourth-order valence-electron chi connectivity index (χ4n) is 0. The molecule has 0 spiro atoms. The molecule has 0 heterocycles. The number of phosphoric acid groups is 1. The monoisotopic (exact) mass is 304 g/mol. The molecule has 0 unspecified atom stereocenters. The first kappa shape index (κ1) is 87.9. The van der Waals surface area contributed by atoms with Crippen LogP contribution in [0.25, 0.3) is 0 Å². The summed E-state index contributed by atoms with van der Waals surface area (Å²) in [6.07, 6.45) is 0. The summed E-state index contributed by atoms with van der Waals surface area (Å²) >= 11 is 0. The molecular formula is H19K2O11P. The maximum absolute atomic E-state index is 8.88. The fourth-order valence-corrected chi connectivity index (χ4v) is 0. The zero-order chi connectivity index (χ0) is 4.50. The summed E-state index contributed by atoms with van der Waals surface area (Å²) in [5.41, 5.74) is 0. The van der Waals surface area contributed by atoms with E-state index < -0.39 is 7.82 Å². The van der Waals surface area contributed by atoms with E-state index in [9.17, 15) is 0 Å². The second kappa shape index (κ2) is 44.3. The Balaban J connectivity index is -0.00000000222. The van der Waals surface area contributed by atoms with E-state index in [1.807, 2.05) is 0 Å². The van der Waals surface area contributed by atoms with Crippen LogP contribution in [0.2, 0.25) is 0 Å². The van der Waals surface area contributed by atoms with Gasteiger partial charge in [0.05, 0.1) is 0 Å². The predicted molar refractivity (Wildman–Crippen MR) is 53.9 cm³/mol. The molecule has 0 fully saturated rings. The quantitative estimate of drug-likeness (QED) is 0.289. The van der Waals surface area contributed by atoms with Crippen molar-refractivity contribution in [3.63, 3.8) is 0 Å². The Morgan fingerprint density at radius 3 is 0.571 bits per heavy atom. The van der Waals surface area contributed by atoms with Gasteiger partial charge >= 0.3 is 111 Å². The molecule has 0 aromatic rings. The first-order valence-corrected chi connectivity index (χ1v) is 2.35. The molecule has 17 N–H and O–H groups in total. The van der Waals surface area contributed by atoms with Crippen LogP contribution < -0.4 is 0 Å². The van der Waals surface area contributed by atoms with Gasteiger partial charge in [0.15, 0.2) is 0 Å². The van der Waals surface area contributed by atoms with Crippen LogP contribution in [-0.4, -0.2) is 156 Å². The van der Waals surface area contributed by atoms with E-state index in [0.717, 1.165) is 0 Å². The predicted octanol–water partition coefficient (Wildman–Crippen LogP) is -8.00. The van der Waals surface area contributed by atoms with Gasteiger partial charge in [0, 0.05) is 0 Å². The van der Waals surface area contributed by atoms with Crippen molar-refractivity contribution in [2.45, 2.75) is 0 Å². The molecule has 0 saturated carbocycles. The van der Waals surface area contributed by atoms with Gasteiger partial charge in [0.1, 0.15) is 0 Å². The van der Waals surface area contributed by atoms with Crippen molar-refractivity contribution in [3.05, 3.63) is 0 Å². The Morgan fingerprint density at radius 2 is 0.571 bits per heavy atom. The van der Waals surface area contributed by atoms with Gasteiger partial charge in [-0.2, -0.15) is 0 Å². The Labute approximate surface area is 165 Å². The summed E-state index contributed by atoms with van der Waals surface area (Å²) in [6, 6.07) is 0. The molecule has 0 bridgehead atoms. The Hall–Kier alpha value is 3.10. The van der Waals surface area contributed by atoms with E-state index in [2.05, 4.69) is 0 Å². The molecule has 0 amide bonds. The van der Waals surface area contributed by atoms with Gasteiger partial charge in [0.2, 0.25) is 0 Å². The van der Waals surface area contributed by atoms with Gasteiger partial charge < -0.3 is 53.0 Å². The first-order chi connectivity index (χ1) is 2.00. The SMILES string of the molecule is O.O.O.O.O.O.O.O=P(O)(O)O.[KH].[KH]. The van der Waals surface area contributed by atoms with Crippen LogP contribution in [0, 0.1) is 0 Å². The summed E-state index contributed by atoms with van der Waals surface area (Å²) < 4.78 is 8.88. The number of hydrogen-bond donors (Lipinski definition) is 3. The molecule has 0 aliphatic heterocycles. The average molecular weight is 304 g/mol. The maximum atomic E-state index is 8.88. The molecule has 0 radical (unpaired) electrons. The van der Waals surface area contributed by atoms with Crippen LogP contribution in [0.3, 0.4) is 0 Å². The zero-order valence-corrected chi connectivity index (χ0v) is 6.59. The van der Waals surface area contributed by atoms with Crippen molar-refractivity contribution >= 4 is 111 Å². The second-order valence-electron chi connectivity index (χ2n) is 0.513.